The molecule has 0 fully saturated rings. The second-order valence-electron chi connectivity index (χ2n) is 16.0. The number of hydrogen-bond donors (Lipinski definition) is 0. The van der Waals surface area contributed by atoms with E-state index < -0.39 is 6.10 Å². The van der Waals surface area contributed by atoms with Crippen LogP contribution in [0.4, 0.5) is 0 Å². The van der Waals surface area contributed by atoms with E-state index in [1.165, 1.54) is 109 Å². The molecular weight excluding hydrogens is 717 g/mol. The highest BCUT2D eigenvalue weighted by Crippen LogP contribution is 2.14. The van der Waals surface area contributed by atoms with Gasteiger partial charge in [-0.1, -0.05) is 196 Å². The van der Waals surface area contributed by atoms with Crippen LogP contribution >= 0.6 is 0 Å². The lowest BCUT2D eigenvalue weighted by atomic mass is 10.1. The van der Waals surface area contributed by atoms with Crippen molar-refractivity contribution < 1.29 is 23.8 Å². The third kappa shape index (κ3) is 46.0. The van der Waals surface area contributed by atoms with E-state index in [0.717, 1.165) is 83.5 Å². The third-order valence-corrected chi connectivity index (χ3v) is 10.2. The lowest BCUT2D eigenvalue weighted by Gasteiger charge is -2.18. The van der Waals surface area contributed by atoms with Crippen LogP contribution in [0.15, 0.2) is 72.9 Å². The third-order valence-electron chi connectivity index (χ3n) is 10.2. The highest BCUT2D eigenvalue weighted by molar-refractivity contribution is 5.70. The monoisotopic (exact) mass is 809 g/mol. The van der Waals surface area contributed by atoms with Crippen LogP contribution in [0.5, 0.6) is 0 Å². The fraction of sp³-hybridized carbons (Fsp3) is 0.736. The van der Waals surface area contributed by atoms with Gasteiger partial charge in [-0.15, -0.1) is 0 Å². The summed E-state index contributed by atoms with van der Waals surface area (Å²) in [6.45, 7) is 7.54. The summed E-state index contributed by atoms with van der Waals surface area (Å²) in [4.78, 5) is 25.1. The van der Waals surface area contributed by atoms with Crippen molar-refractivity contribution in [3.63, 3.8) is 0 Å². The molecule has 0 N–H and O–H groups in total. The Morgan fingerprint density at radius 2 is 0.776 bits per heavy atom. The van der Waals surface area contributed by atoms with Crippen molar-refractivity contribution >= 4 is 11.9 Å². The van der Waals surface area contributed by atoms with Gasteiger partial charge in [0.15, 0.2) is 6.10 Å². The molecular formula is C53H92O5. The molecule has 0 aliphatic carbocycles. The molecule has 0 amide bonds. The predicted octanol–water partition coefficient (Wildman–Crippen LogP) is 16.3. The summed E-state index contributed by atoms with van der Waals surface area (Å²) in [5.74, 6) is -0.436. The second-order valence-corrected chi connectivity index (χ2v) is 16.0. The standard InChI is InChI=1S/C53H92O5/c1-4-7-10-13-15-17-19-21-23-25-27-28-30-32-34-36-38-41-43-46-52(54)57-50-51(58-53(55)47-44-40-12-9-6-3)49-56-48-45-42-39-37-35-33-31-29-26-24-22-20-18-16-14-11-8-5-2/h8,11,16,18,21-24,29,31,35,37,51H,4-7,9-10,12-15,17,19-20,25-28,30,32-34,36,38-50H2,1-3H3/b11-8-,18-16-,23-21-,24-22-,31-29-,37-35-. The normalized spacial score (nSPS) is 12.8. The minimum Gasteiger partial charge on any atom is -0.462 e. The van der Waals surface area contributed by atoms with Gasteiger partial charge in [0.2, 0.25) is 0 Å². The average Bonchev–Trinajstić information content (AvgIpc) is 3.22. The summed E-state index contributed by atoms with van der Waals surface area (Å²) in [5, 5.41) is 0. The summed E-state index contributed by atoms with van der Waals surface area (Å²) in [6.07, 6.45) is 62.3. The molecule has 0 saturated carbocycles. The van der Waals surface area contributed by atoms with E-state index in [0.29, 0.717) is 19.4 Å². The molecule has 0 spiro atoms. The van der Waals surface area contributed by atoms with Gasteiger partial charge in [-0.2, -0.15) is 0 Å². The molecule has 5 nitrogen and oxygen atoms in total. The van der Waals surface area contributed by atoms with Crippen molar-refractivity contribution in [1.29, 1.82) is 0 Å². The maximum absolute atomic E-state index is 12.6. The van der Waals surface area contributed by atoms with Gasteiger partial charge in [0.1, 0.15) is 6.61 Å². The van der Waals surface area contributed by atoms with Crippen LogP contribution in [0.2, 0.25) is 0 Å². The predicted molar refractivity (Wildman–Crippen MR) is 251 cm³/mol. The molecule has 1 unspecified atom stereocenters. The molecule has 0 radical (unpaired) electrons. The maximum atomic E-state index is 12.6. The van der Waals surface area contributed by atoms with E-state index in [-0.39, 0.29) is 25.2 Å². The second kappa shape index (κ2) is 48.7. The molecule has 0 aliphatic rings. The lowest BCUT2D eigenvalue weighted by molar-refractivity contribution is -0.163. The van der Waals surface area contributed by atoms with Crippen molar-refractivity contribution in [1.82, 2.24) is 0 Å². The number of rotatable bonds is 44. The highest BCUT2D eigenvalue weighted by Gasteiger charge is 2.17. The first-order valence-electron chi connectivity index (χ1n) is 24.5. The molecule has 0 aliphatic heterocycles. The molecule has 0 aromatic rings. The summed E-state index contributed by atoms with van der Waals surface area (Å²) in [6, 6.07) is 0. The summed E-state index contributed by atoms with van der Waals surface area (Å²) in [7, 11) is 0. The number of carbonyl (C=O) groups is 2. The van der Waals surface area contributed by atoms with Gasteiger partial charge in [-0.05, 0) is 89.9 Å². The Hall–Kier alpha value is -2.66. The molecule has 5 heteroatoms. The van der Waals surface area contributed by atoms with Gasteiger partial charge < -0.3 is 14.2 Å². The average molecular weight is 809 g/mol. The van der Waals surface area contributed by atoms with Crippen LogP contribution < -0.4 is 0 Å². The molecule has 0 aromatic heterocycles. The Labute approximate surface area is 359 Å². The zero-order valence-electron chi connectivity index (χ0n) is 38.3. The number of carbonyl (C=O) groups excluding carboxylic acids is 2. The van der Waals surface area contributed by atoms with Crippen LogP contribution in [-0.2, 0) is 23.8 Å². The SMILES string of the molecule is CC/C=C\C/C=C\C/C=C\C/C=C\C/C=C\CCCCOCC(COC(=O)CCCCCCCCCCC/C=C\CCCCCCCC)OC(=O)CCCCCCC. The van der Waals surface area contributed by atoms with Crippen molar-refractivity contribution in [3.05, 3.63) is 72.9 Å². The number of hydrogen-bond acceptors (Lipinski definition) is 5. The Morgan fingerprint density at radius 1 is 0.397 bits per heavy atom. The Balaban J connectivity index is 4.10. The van der Waals surface area contributed by atoms with Gasteiger partial charge in [0.05, 0.1) is 6.61 Å². The Bertz CT molecular complexity index is 1050. The topological polar surface area (TPSA) is 61.8 Å². The Kier molecular flexibility index (Phi) is 46.5. The first-order valence-corrected chi connectivity index (χ1v) is 24.5. The first kappa shape index (κ1) is 55.3. The molecule has 0 bridgehead atoms. The van der Waals surface area contributed by atoms with Crippen LogP contribution in [0, 0.1) is 0 Å². The number of unbranched alkanes of at least 4 members (excludes halogenated alkanes) is 21. The molecule has 0 heterocycles. The zero-order chi connectivity index (χ0) is 42.1. The van der Waals surface area contributed by atoms with Gasteiger partial charge in [0, 0.05) is 19.4 Å². The largest absolute Gasteiger partial charge is 0.462 e. The van der Waals surface area contributed by atoms with Gasteiger partial charge in [0.25, 0.3) is 0 Å². The number of esters is 2. The van der Waals surface area contributed by atoms with E-state index in [9.17, 15) is 9.59 Å². The molecule has 334 valence electrons. The van der Waals surface area contributed by atoms with Crippen molar-refractivity contribution in [2.45, 2.75) is 232 Å². The molecule has 0 rings (SSSR count). The molecule has 58 heavy (non-hydrogen) atoms. The van der Waals surface area contributed by atoms with Crippen molar-refractivity contribution in [3.8, 4) is 0 Å². The maximum Gasteiger partial charge on any atom is 0.306 e. The quantitative estimate of drug-likeness (QED) is 0.0348. The summed E-state index contributed by atoms with van der Waals surface area (Å²) in [5.41, 5.74) is 0. The molecule has 1 atom stereocenters. The number of ether oxygens (including phenoxy) is 3. The van der Waals surface area contributed by atoms with Crippen LogP contribution in [-0.4, -0.2) is 37.9 Å². The minimum absolute atomic E-state index is 0.0648. The van der Waals surface area contributed by atoms with E-state index in [1.807, 2.05) is 0 Å². The lowest BCUT2D eigenvalue weighted by Crippen LogP contribution is -2.30. The van der Waals surface area contributed by atoms with Crippen molar-refractivity contribution in [2.24, 2.45) is 0 Å². The van der Waals surface area contributed by atoms with E-state index in [2.05, 4.69) is 93.7 Å². The van der Waals surface area contributed by atoms with Gasteiger partial charge in [-0.25, -0.2) is 0 Å². The Morgan fingerprint density at radius 3 is 1.26 bits per heavy atom. The van der Waals surface area contributed by atoms with Gasteiger partial charge >= 0.3 is 11.9 Å². The van der Waals surface area contributed by atoms with Crippen LogP contribution in [0.1, 0.15) is 226 Å². The zero-order valence-corrected chi connectivity index (χ0v) is 38.3. The molecule has 0 saturated heterocycles. The summed E-state index contributed by atoms with van der Waals surface area (Å²) < 4.78 is 17.2. The minimum atomic E-state index is -0.556. The first-order chi connectivity index (χ1) is 28.6. The highest BCUT2D eigenvalue weighted by atomic mass is 16.6. The van der Waals surface area contributed by atoms with Crippen LogP contribution in [0.25, 0.3) is 0 Å². The van der Waals surface area contributed by atoms with Gasteiger partial charge in [-0.3, -0.25) is 9.59 Å². The fourth-order valence-corrected chi connectivity index (χ4v) is 6.59. The summed E-state index contributed by atoms with van der Waals surface area (Å²) >= 11 is 0. The number of allylic oxidation sites excluding steroid dienone is 12. The van der Waals surface area contributed by atoms with E-state index in [1.54, 1.807) is 0 Å². The molecule has 0 aromatic carbocycles. The fourth-order valence-electron chi connectivity index (χ4n) is 6.59. The van der Waals surface area contributed by atoms with Crippen LogP contribution in [0.3, 0.4) is 0 Å². The smallest absolute Gasteiger partial charge is 0.306 e. The van der Waals surface area contributed by atoms with E-state index >= 15 is 0 Å². The van der Waals surface area contributed by atoms with E-state index in [4.69, 9.17) is 14.2 Å². The van der Waals surface area contributed by atoms with Crippen molar-refractivity contribution in [2.75, 3.05) is 19.8 Å².